The van der Waals surface area contributed by atoms with Gasteiger partial charge < -0.3 is 4.90 Å². The molecule has 0 aliphatic carbocycles. The summed E-state index contributed by atoms with van der Waals surface area (Å²) in [6.45, 7) is 0. The van der Waals surface area contributed by atoms with Gasteiger partial charge in [0.1, 0.15) is 0 Å². The first-order valence-corrected chi connectivity index (χ1v) is 14.1. The summed E-state index contributed by atoms with van der Waals surface area (Å²) in [6, 6.07) is 46.4. The van der Waals surface area contributed by atoms with Crippen molar-refractivity contribution in [1.82, 2.24) is 0 Å². The monoisotopic (exact) mass is 507 g/mol. The first-order chi connectivity index (χ1) is 18.3. The molecule has 2 aromatic heterocycles. The second-order valence-corrected chi connectivity index (χ2v) is 11.5. The van der Waals surface area contributed by atoms with Crippen molar-refractivity contribution in [3.63, 3.8) is 0 Å². The van der Waals surface area contributed by atoms with Crippen LogP contribution in [0.15, 0.2) is 127 Å². The summed E-state index contributed by atoms with van der Waals surface area (Å²) >= 11 is 3.76. The number of hydrogen-bond acceptors (Lipinski definition) is 3. The topological polar surface area (TPSA) is 3.24 Å². The third-order valence-electron chi connectivity index (χ3n) is 7.24. The number of rotatable bonds is 3. The Kier molecular flexibility index (Phi) is 4.63. The fourth-order valence-corrected chi connectivity index (χ4v) is 7.95. The lowest BCUT2D eigenvalue weighted by Crippen LogP contribution is -2.10. The molecule has 0 N–H and O–H groups in total. The van der Waals surface area contributed by atoms with Crippen LogP contribution in [-0.2, 0) is 0 Å². The van der Waals surface area contributed by atoms with E-state index in [1.807, 2.05) is 22.7 Å². The molecule has 0 bridgehead atoms. The van der Waals surface area contributed by atoms with E-state index in [1.54, 1.807) is 0 Å². The average molecular weight is 508 g/mol. The number of benzene rings is 6. The smallest absolute Gasteiger partial charge is 0.0640 e. The van der Waals surface area contributed by atoms with Crippen molar-refractivity contribution in [2.24, 2.45) is 0 Å². The molecule has 0 saturated heterocycles. The highest BCUT2D eigenvalue weighted by molar-refractivity contribution is 7.27. The molecule has 1 nitrogen and oxygen atoms in total. The Morgan fingerprint density at radius 2 is 0.919 bits per heavy atom. The van der Waals surface area contributed by atoms with E-state index in [2.05, 4.69) is 132 Å². The Morgan fingerprint density at radius 3 is 1.54 bits per heavy atom. The number of hydrogen-bond donors (Lipinski definition) is 0. The van der Waals surface area contributed by atoms with Gasteiger partial charge in [0.05, 0.1) is 20.8 Å². The second kappa shape index (κ2) is 8.17. The molecular formula is C34H21NS2. The van der Waals surface area contributed by atoms with Gasteiger partial charge >= 0.3 is 0 Å². The highest BCUT2D eigenvalue weighted by Gasteiger charge is 2.21. The molecule has 0 spiro atoms. The van der Waals surface area contributed by atoms with Crippen LogP contribution in [0.2, 0.25) is 0 Å². The number of nitrogens with zero attached hydrogens (tertiary/aromatic N) is 1. The highest BCUT2D eigenvalue weighted by atomic mass is 32.1. The molecule has 0 fully saturated rings. The van der Waals surface area contributed by atoms with Crippen LogP contribution in [0, 0.1) is 0 Å². The maximum absolute atomic E-state index is 2.47. The number of fused-ring (bicyclic) bond motifs is 7. The zero-order chi connectivity index (χ0) is 24.3. The molecule has 2 heterocycles. The van der Waals surface area contributed by atoms with Crippen LogP contribution in [-0.4, -0.2) is 0 Å². The molecule has 0 aliphatic rings. The van der Waals surface area contributed by atoms with Gasteiger partial charge in [-0.2, -0.15) is 0 Å². The van der Waals surface area contributed by atoms with E-state index in [1.165, 1.54) is 68.2 Å². The summed E-state index contributed by atoms with van der Waals surface area (Å²) in [6.07, 6.45) is 0. The van der Waals surface area contributed by atoms with E-state index in [4.69, 9.17) is 0 Å². The minimum absolute atomic E-state index is 1.17. The molecule has 174 valence electrons. The fraction of sp³-hybridized carbons (Fsp3) is 0. The molecule has 0 radical (unpaired) electrons. The van der Waals surface area contributed by atoms with Gasteiger partial charge in [0.25, 0.3) is 0 Å². The molecule has 3 heteroatoms. The lowest BCUT2D eigenvalue weighted by atomic mass is 10.1. The molecule has 0 amide bonds. The summed E-state index contributed by atoms with van der Waals surface area (Å²) in [7, 11) is 0. The summed E-state index contributed by atoms with van der Waals surface area (Å²) in [5, 5.41) is 7.77. The Labute approximate surface area is 222 Å². The van der Waals surface area contributed by atoms with Crippen molar-refractivity contribution in [3.05, 3.63) is 127 Å². The Balaban J connectivity index is 1.48. The van der Waals surface area contributed by atoms with Crippen molar-refractivity contribution >= 4 is 90.9 Å². The predicted molar refractivity (Wildman–Crippen MR) is 164 cm³/mol. The zero-order valence-electron chi connectivity index (χ0n) is 19.9. The van der Waals surface area contributed by atoms with Gasteiger partial charge in [-0.25, -0.2) is 0 Å². The Bertz CT molecular complexity index is 2000. The van der Waals surface area contributed by atoms with Gasteiger partial charge in [0.15, 0.2) is 0 Å². The lowest BCUT2D eigenvalue weighted by molar-refractivity contribution is 1.33. The second-order valence-electron chi connectivity index (χ2n) is 9.37. The van der Waals surface area contributed by atoms with Crippen LogP contribution in [0.25, 0.3) is 51.1 Å². The van der Waals surface area contributed by atoms with E-state index in [0.29, 0.717) is 0 Å². The molecule has 0 atom stereocenters. The van der Waals surface area contributed by atoms with E-state index in [0.717, 1.165) is 0 Å². The molecule has 8 rings (SSSR count). The van der Waals surface area contributed by atoms with E-state index in [-0.39, 0.29) is 0 Å². The fourth-order valence-electron chi connectivity index (χ4n) is 5.54. The van der Waals surface area contributed by atoms with Crippen molar-refractivity contribution in [3.8, 4) is 0 Å². The van der Waals surface area contributed by atoms with Gasteiger partial charge in [0.2, 0.25) is 0 Å². The maximum Gasteiger partial charge on any atom is 0.0640 e. The lowest BCUT2D eigenvalue weighted by Gasteiger charge is -2.27. The van der Waals surface area contributed by atoms with Crippen LogP contribution in [0.1, 0.15) is 0 Å². The first kappa shape index (κ1) is 21.0. The van der Waals surface area contributed by atoms with Crippen LogP contribution in [0.4, 0.5) is 17.1 Å². The number of thiophene rings is 2. The largest absolute Gasteiger partial charge is 0.308 e. The molecule has 0 saturated carbocycles. The highest BCUT2D eigenvalue weighted by Crippen LogP contribution is 2.48. The van der Waals surface area contributed by atoms with E-state index in [9.17, 15) is 0 Å². The van der Waals surface area contributed by atoms with Crippen LogP contribution in [0.5, 0.6) is 0 Å². The third-order valence-corrected chi connectivity index (χ3v) is 9.66. The van der Waals surface area contributed by atoms with Gasteiger partial charge in [-0.1, -0.05) is 91.0 Å². The summed E-state index contributed by atoms with van der Waals surface area (Å²) < 4.78 is 5.27. The van der Waals surface area contributed by atoms with E-state index >= 15 is 0 Å². The minimum Gasteiger partial charge on any atom is -0.308 e. The van der Waals surface area contributed by atoms with Crippen LogP contribution >= 0.6 is 22.7 Å². The summed E-state index contributed by atoms with van der Waals surface area (Å²) in [5.74, 6) is 0. The standard InChI is InChI=1S/C34H21NS2/c1-2-10-23-21-24(20-19-22(23)9-1)35(29-15-7-13-27-25-11-3-5-17-31(25)36-33(27)29)30-16-8-14-28-26-12-4-6-18-32(26)37-34(28)30/h1-21H. The van der Waals surface area contributed by atoms with Crippen LogP contribution < -0.4 is 4.90 Å². The normalized spacial score (nSPS) is 11.8. The molecule has 0 aliphatic heterocycles. The average Bonchev–Trinajstić information content (AvgIpc) is 3.53. The molecule has 8 aromatic rings. The van der Waals surface area contributed by atoms with Crippen molar-refractivity contribution in [1.29, 1.82) is 0 Å². The molecule has 6 aromatic carbocycles. The predicted octanol–water partition coefficient (Wildman–Crippen LogP) is 11.0. The summed E-state index contributed by atoms with van der Waals surface area (Å²) in [5.41, 5.74) is 3.62. The Hall–Kier alpha value is -4.18. The van der Waals surface area contributed by atoms with Crippen molar-refractivity contribution in [2.75, 3.05) is 4.90 Å². The minimum atomic E-state index is 1.17. The quantitative estimate of drug-likeness (QED) is 0.230. The van der Waals surface area contributed by atoms with Gasteiger partial charge in [-0.3, -0.25) is 0 Å². The van der Waals surface area contributed by atoms with Crippen molar-refractivity contribution < 1.29 is 0 Å². The third kappa shape index (κ3) is 3.21. The van der Waals surface area contributed by atoms with Gasteiger partial charge in [-0.05, 0) is 47.2 Å². The van der Waals surface area contributed by atoms with Crippen molar-refractivity contribution in [2.45, 2.75) is 0 Å². The Morgan fingerprint density at radius 1 is 0.405 bits per heavy atom. The van der Waals surface area contributed by atoms with Gasteiger partial charge in [0, 0.05) is 36.6 Å². The summed E-state index contributed by atoms with van der Waals surface area (Å²) in [4.78, 5) is 2.47. The van der Waals surface area contributed by atoms with Gasteiger partial charge in [-0.15, -0.1) is 22.7 Å². The number of anilines is 3. The zero-order valence-corrected chi connectivity index (χ0v) is 21.5. The molecule has 37 heavy (non-hydrogen) atoms. The maximum atomic E-state index is 2.47. The molecule has 0 unspecified atom stereocenters. The first-order valence-electron chi connectivity index (χ1n) is 12.4. The van der Waals surface area contributed by atoms with E-state index < -0.39 is 0 Å². The SMILES string of the molecule is c1ccc2cc(N(c3cccc4c3sc3ccccc34)c3cccc4c3sc3ccccc34)ccc2c1. The van der Waals surface area contributed by atoms with Crippen LogP contribution in [0.3, 0.4) is 0 Å². The molecular weight excluding hydrogens is 487 g/mol.